The fraction of sp³-hybridized carbons (Fsp3) is 0.923. The van der Waals surface area contributed by atoms with Crippen molar-refractivity contribution in [3.8, 4) is 0 Å². The van der Waals surface area contributed by atoms with Gasteiger partial charge in [-0.2, -0.15) is 0 Å². The molecule has 114 valence electrons. The Morgan fingerprint density at radius 1 is 1.32 bits per heavy atom. The number of hydrogen-bond donors (Lipinski definition) is 2. The molecule has 0 aliphatic heterocycles. The van der Waals surface area contributed by atoms with Crippen LogP contribution >= 0.6 is 0 Å². The van der Waals surface area contributed by atoms with Crippen molar-refractivity contribution in [2.45, 2.75) is 44.8 Å². The van der Waals surface area contributed by atoms with Crippen molar-refractivity contribution in [3.05, 3.63) is 0 Å². The van der Waals surface area contributed by atoms with Crippen LogP contribution in [0, 0.1) is 0 Å². The molecule has 3 N–H and O–H groups in total. The number of hydrogen-bond acceptors (Lipinski definition) is 5. The molecule has 0 rings (SSSR count). The van der Waals surface area contributed by atoms with Crippen LogP contribution in [0.5, 0.6) is 0 Å². The van der Waals surface area contributed by atoms with Crippen LogP contribution in [0.4, 0.5) is 0 Å². The predicted octanol–water partition coefficient (Wildman–Crippen LogP) is 0.550. The lowest BCUT2D eigenvalue weighted by Crippen LogP contribution is -2.53. The molecule has 19 heavy (non-hydrogen) atoms. The summed E-state index contributed by atoms with van der Waals surface area (Å²) in [6.45, 7) is 7.47. The quantitative estimate of drug-likeness (QED) is 0.606. The molecule has 0 aromatic rings. The number of rotatable bonds is 10. The molecule has 0 saturated carbocycles. The smallest absolute Gasteiger partial charge is 0.323 e. The van der Waals surface area contributed by atoms with Crippen molar-refractivity contribution in [2.24, 2.45) is 5.73 Å². The summed E-state index contributed by atoms with van der Waals surface area (Å²) in [5.74, 6) is -0.981. The minimum atomic E-state index is -1.22. The SMILES string of the molecule is COCCN(C(C)COC)C(C)CC(C)(N)C(=O)O. The Morgan fingerprint density at radius 3 is 2.32 bits per heavy atom. The molecule has 0 aliphatic carbocycles. The maximum Gasteiger partial charge on any atom is 0.323 e. The zero-order valence-electron chi connectivity index (χ0n) is 12.7. The van der Waals surface area contributed by atoms with Gasteiger partial charge in [0.2, 0.25) is 0 Å². The maximum absolute atomic E-state index is 11.1. The van der Waals surface area contributed by atoms with Crippen LogP contribution in [-0.4, -0.2) is 67.6 Å². The first-order valence-electron chi connectivity index (χ1n) is 6.52. The molecule has 0 aromatic heterocycles. The Morgan fingerprint density at radius 2 is 1.89 bits per heavy atom. The third-order valence-corrected chi connectivity index (χ3v) is 3.30. The zero-order valence-corrected chi connectivity index (χ0v) is 12.7. The van der Waals surface area contributed by atoms with E-state index >= 15 is 0 Å². The standard InChI is InChI=1S/C13H28N2O4/c1-10(8-13(3,14)12(16)17)15(6-7-18-4)11(2)9-19-5/h10-11H,6-9,14H2,1-5H3,(H,16,17). The molecule has 0 radical (unpaired) electrons. The first-order valence-corrected chi connectivity index (χ1v) is 6.52. The van der Waals surface area contributed by atoms with E-state index in [9.17, 15) is 4.79 Å². The van der Waals surface area contributed by atoms with E-state index in [0.717, 1.165) is 6.54 Å². The summed E-state index contributed by atoms with van der Waals surface area (Å²) in [4.78, 5) is 13.3. The van der Waals surface area contributed by atoms with E-state index in [1.165, 1.54) is 0 Å². The topological polar surface area (TPSA) is 85.0 Å². The lowest BCUT2D eigenvalue weighted by Gasteiger charge is -2.36. The van der Waals surface area contributed by atoms with Crippen molar-refractivity contribution in [1.82, 2.24) is 4.90 Å². The molecule has 0 bridgehead atoms. The fourth-order valence-corrected chi connectivity index (χ4v) is 2.23. The van der Waals surface area contributed by atoms with Crippen molar-refractivity contribution >= 4 is 5.97 Å². The molecule has 6 nitrogen and oxygen atoms in total. The molecule has 0 fully saturated rings. The van der Waals surface area contributed by atoms with Gasteiger partial charge in [-0.3, -0.25) is 9.69 Å². The lowest BCUT2D eigenvalue weighted by atomic mass is 9.93. The highest BCUT2D eigenvalue weighted by atomic mass is 16.5. The number of nitrogens with zero attached hydrogens (tertiary/aromatic N) is 1. The van der Waals surface area contributed by atoms with Crippen LogP contribution in [0.15, 0.2) is 0 Å². The van der Waals surface area contributed by atoms with Crippen molar-refractivity contribution in [2.75, 3.05) is 34.0 Å². The summed E-state index contributed by atoms with van der Waals surface area (Å²) >= 11 is 0. The molecule has 3 unspecified atom stereocenters. The Bertz CT molecular complexity index is 271. The summed E-state index contributed by atoms with van der Waals surface area (Å²) in [6.07, 6.45) is 0.375. The number of aliphatic carboxylic acids is 1. The number of ether oxygens (including phenoxy) is 2. The van der Waals surface area contributed by atoms with Crippen LogP contribution < -0.4 is 5.73 Å². The zero-order chi connectivity index (χ0) is 15.1. The Balaban J connectivity index is 4.69. The molecule has 0 heterocycles. The van der Waals surface area contributed by atoms with Crippen LogP contribution in [0.2, 0.25) is 0 Å². The van der Waals surface area contributed by atoms with E-state index in [1.807, 2.05) is 13.8 Å². The third-order valence-electron chi connectivity index (χ3n) is 3.30. The van der Waals surface area contributed by atoms with Crippen molar-refractivity contribution in [1.29, 1.82) is 0 Å². The van der Waals surface area contributed by atoms with Gasteiger partial charge in [0, 0.05) is 32.8 Å². The number of methoxy groups -OCH3 is 2. The van der Waals surface area contributed by atoms with Gasteiger partial charge in [-0.05, 0) is 27.2 Å². The van der Waals surface area contributed by atoms with E-state index in [2.05, 4.69) is 4.90 Å². The van der Waals surface area contributed by atoms with Crippen LogP contribution in [-0.2, 0) is 14.3 Å². The van der Waals surface area contributed by atoms with Gasteiger partial charge in [0.1, 0.15) is 5.54 Å². The Kier molecular flexibility index (Phi) is 8.17. The molecule has 3 atom stereocenters. The van der Waals surface area contributed by atoms with Crippen LogP contribution in [0.25, 0.3) is 0 Å². The van der Waals surface area contributed by atoms with Crippen LogP contribution in [0.3, 0.4) is 0 Å². The highest BCUT2D eigenvalue weighted by Crippen LogP contribution is 2.16. The monoisotopic (exact) mass is 276 g/mol. The molecule has 0 aromatic carbocycles. The number of carboxylic acid groups (broad SMARTS) is 1. The van der Waals surface area contributed by atoms with E-state index < -0.39 is 11.5 Å². The fourth-order valence-electron chi connectivity index (χ4n) is 2.23. The van der Waals surface area contributed by atoms with Crippen molar-refractivity contribution in [3.63, 3.8) is 0 Å². The van der Waals surface area contributed by atoms with Gasteiger partial charge in [-0.15, -0.1) is 0 Å². The minimum absolute atomic E-state index is 0.0337. The van der Waals surface area contributed by atoms with Gasteiger partial charge in [-0.1, -0.05) is 0 Å². The van der Waals surface area contributed by atoms with Gasteiger partial charge in [0.05, 0.1) is 13.2 Å². The Hall–Kier alpha value is -0.690. The highest BCUT2D eigenvalue weighted by molar-refractivity contribution is 5.77. The molecular formula is C13H28N2O4. The second-order valence-electron chi connectivity index (χ2n) is 5.31. The normalized spacial score (nSPS) is 18.1. The maximum atomic E-state index is 11.1. The average Bonchev–Trinajstić information content (AvgIpc) is 2.28. The molecule has 0 spiro atoms. The summed E-state index contributed by atoms with van der Waals surface area (Å²) < 4.78 is 10.3. The van der Waals surface area contributed by atoms with Crippen LogP contribution in [0.1, 0.15) is 27.2 Å². The highest BCUT2D eigenvalue weighted by Gasteiger charge is 2.33. The summed E-state index contributed by atoms with van der Waals surface area (Å²) in [6, 6.07) is 0.214. The second kappa shape index (κ2) is 8.47. The van der Waals surface area contributed by atoms with Gasteiger partial charge in [-0.25, -0.2) is 0 Å². The Labute approximate surface area is 115 Å². The number of carboxylic acids is 1. The summed E-state index contributed by atoms with van der Waals surface area (Å²) in [7, 11) is 3.30. The van der Waals surface area contributed by atoms with Gasteiger partial charge < -0.3 is 20.3 Å². The third kappa shape index (κ3) is 6.33. The van der Waals surface area contributed by atoms with Gasteiger partial charge >= 0.3 is 5.97 Å². The molecule has 0 amide bonds. The summed E-state index contributed by atoms with van der Waals surface area (Å²) in [5, 5.41) is 9.10. The van der Waals surface area contributed by atoms with E-state index in [4.69, 9.17) is 20.3 Å². The average molecular weight is 276 g/mol. The lowest BCUT2D eigenvalue weighted by molar-refractivity contribution is -0.143. The van der Waals surface area contributed by atoms with E-state index in [0.29, 0.717) is 19.6 Å². The first kappa shape index (κ1) is 18.3. The molecule has 0 saturated heterocycles. The predicted molar refractivity (Wildman–Crippen MR) is 74.2 cm³/mol. The van der Waals surface area contributed by atoms with Gasteiger partial charge in [0.15, 0.2) is 0 Å². The van der Waals surface area contributed by atoms with Crippen molar-refractivity contribution < 1.29 is 19.4 Å². The summed E-state index contributed by atoms with van der Waals surface area (Å²) in [5.41, 5.74) is 4.59. The number of nitrogens with two attached hydrogens (primary N) is 1. The molecule has 6 heteroatoms. The minimum Gasteiger partial charge on any atom is -0.480 e. The molecule has 0 aliphatic rings. The molecular weight excluding hydrogens is 248 g/mol. The first-order chi connectivity index (χ1) is 8.76. The van der Waals surface area contributed by atoms with E-state index in [1.54, 1.807) is 21.1 Å². The van der Waals surface area contributed by atoms with Gasteiger partial charge in [0.25, 0.3) is 0 Å². The largest absolute Gasteiger partial charge is 0.480 e. The number of carbonyl (C=O) groups is 1. The van der Waals surface area contributed by atoms with E-state index in [-0.39, 0.29) is 12.1 Å². The second-order valence-corrected chi connectivity index (χ2v) is 5.31.